The fourth-order valence-corrected chi connectivity index (χ4v) is 4.18. The van der Waals surface area contributed by atoms with E-state index < -0.39 is 0 Å². The van der Waals surface area contributed by atoms with Gasteiger partial charge in [0.05, 0.1) is 0 Å². The van der Waals surface area contributed by atoms with Gasteiger partial charge in [-0.1, -0.05) is 30.3 Å². The Morgan fingerprint density at radius 2 is 1.85 bits per heavy atom. The molecule has 0 atom stereocenters. The van der Waals surface area contributed by atoms with Crippen molar-refractivity contribution in [2.45, 2.75) is 38.8 Å². The smallest absolute Gasteiger partial charge is 0.223 e. The van der Waals surface area contributed by atoms with Crippen LogP contribution >= 0.6 is 0 Å². The van der Waals surface area contributed by atoms with Gasteiger partial charge in [-0.25, -0.2) is 0 Å². The lowest BCUT2D eigenvalue weighted by molar-refractivity contribution is -0.133. The Kier molecular flexibility index (Phi) is 5.30. The van der Waals surface area contributed by atoms with Crippen LogP contribution in [0.4, 0.5) is 0 Å². The Balaban J connectivity index is 1.25. The van der Waals surface area contributed by atoms with Crippen LogP contribution in [0.25, 0.3) is 0 Å². The molecule has 2 aliphatic heterocycles. The van der Waals surface area contributed by atoms with Crippen LogP contribution in [0, 0.1) is 5.92 Å². The van der Waals surface area contributed by atoms with Crippen LogP contribution < -0.4 is 0 Å². The predicted molar refractivity (Wildman–Crippen MR) is 102 cm³/mol. The minimum atomic E-state index is 0.338. The van der Waals surface area contributed by atoms with Crippen molar-refractivity contribution in [1.82, 2.24) is 14.8 Å². The quantitative estimate of drug-likeness (QED) is 0.850. The van der Waals surface area contributed by atoms with Gasteiger partial charge < -0.3 is 4.90 Å². The zero-order valence-corrected chi connectivity index (χ0v) is 15.3. The van der Waals surface area contributed by atoms with Gasteiger partial charge in [0.1, 0.15) is 0 Å². The molecule has 1 saturated heterocycles. The average Bonchev–Trinajstić information content (AvgIpc) is 2.70. The van der Waals surface area contributed by atoms with Crippen LogP contribution in [0.3, 0.4) is 0 Å². The number of nitrogens with zero attached hydrogens (tertiary/aromatic N) is 3. The van der Waals surface area contributed by atoms with Gasteiger partial charge in [0.15, 0.2) is 0 Å². The Morgan fingerprint density at radius 3 is 2.62 bits per heavy atom. The van der Waals surface area contributed by atoms with Crippen LogP contribution in [0.5, 0.6) is 0 Å². The largest absolute Gasteiger partial charge is 0.338 e. The molecular formula is C22H27N3O. The summed E-state index contributed by atoms with van der Waals surface area (Å²) < 4.78 is 0. The SMILES string of the molecule is O=C(CC1CCN(Cc2cccnc2)CC1)N1CCc2ccccc2C1. The summed E-state index contributed by atoms with van der Waals surface area (Å²) in [6.45, 7) is 4.79. The van der Waals surface area contributed by atoms with Gasteiger partial charge in [0, 0.05) is 38.4 Å². The lowest BCUT2D eigenvalue weighted by Crippen LogP contribution is -2.39. The maximum Gasteiger partial charge on any atom is 0.223 e. The Bertz CT molecular complexity index is 738. The van der Waals surface area contributed by atoms with Crippen LogP contribution in [-0.4, -0.2) is 40.3 Å². The lowest BCUT2D eigenvalue weighted by Gasteiger charge is -2.34. The van der Waals surface area contributed by atoms with E-state index in [9.17, 15) is 4.79 Å². The number of hydrogen-bond donors (Lipinski definition) is 0. The molecule has 0 radical (unpaired) electrons. The van der Waals surface area contributed by atoms with E-state index in [1.54, 1.807) is 0 Å². The summed E-state index contributed by atoms with van der Waals surface area (Å²) in [6.07, 6.45) is 7.71. The summed E-state index contributed by atoms with van der Waals surface area (Å²) in [6, 6.07) is 12.6. The van der Waals surface area contributed by atoms with E-state index in [1.165, 1.54) is 16.7 Å². The molecule has 1 aromatic heterocycles. The molecule has 0 saturated carbocycles. The molecule has 3 heterocycles. The molecule has 0 unspecified atom stereocenters. The average molecular weight is 349 g/mol. The molecule has 1 amide bonds. The van der Waals surface area contributed by atoms with Crippen LogP contribution in [0.2, 0.25) is 0 Å². The highest BCUT2D eigenvalue weighted by molar-refractivity contribution is 5.76. The lowest BCUT2D eigenvalue weighted by atomic mass is 9.92. The van der Waals surface area contributed by atoms with Gasteiger partial charge >= 0.3 is 0 Å². The minimum absolute atomic E-state index is 0.338. The first kappa shape index (κ1) is 17.2. The van der Waals surface area contributed by atoms with E-state index in [4.69, 9.17) is 0 Å². The summed E-state index contributed by atoms with van der Waals surface area (Å²) in [5.41, 5.74) is 3.99. The number of hydrogen-bond acceptors (Lipinski definition) is 3. The zero-order chi connectivity index (χ0) is 17.8. The first-order valence-corrected chi connectivity index (χ1v) is 9.74. The zero-order valence-electron chi connectivity index (χ0n) is 15.3. The number of pyridine rings is 1. The topological polar surface area (TPSA) is 36.4 Å². The summed E-state index contributed by atoms with van der Waals surface area (Å²) >= 11 is 0. The third-order valence-electron chi connectivity index (χ3n) is 5.78. The second-order valence-corrected chi connectivity index (χ2v) is 7.62. The Labute approximate surface area is 155 Å². The van der Waals surface area contributed by atoms with Gasteiger partial charge in [0.25, 0.3) is 0 Å². The molecule has 0 spiro atoms. The van der Waals surface area contributed by atoms with Crippen molar-refractivity contribution in [2.75, 3.05) is 19.6 Å². The number of amides is 1. The molecular weight excluding hydrogens is 322 g/mol. The summed E-state index contributed by atoms with van der Waals surface area (Å²) in [5.74, 6) is 0.870. The molecule has 0 bridgehead atoms. The molecule has 2 aromatic rings. The van der Waals surface area contributed by atoms with Gasteiger partial charge in [-0.3, -0.25) is 14.7 Å². The molecule has 1 aromatic carbocycles. The number of likely N-dealkylation sites (tertiary alicyclic amines) is 1. The van der Waals surface area contributed by atoms with Crippen molar-refractivity contribution in [3.63, 3.8) is 0 Å². The third-order valence-corrected chi connectivity index (χ3v) is 5.78. The van der Waals surface area contributed by atoms with Crippen LogP contribution in [0.1, 0.15) is 36.0 Å². The highest BCUT2D eigenvalue weighted by Gasteiger charge is 2.26. The molecule has 136 valence electrons. The number of benzene rings is 1. The number of rotatable bonds is 4. The van der Waals surface area contributed by atoms with Crippen LogP contribution in [0.15, 0.2) is 48.8 Å². The summed E-state index contributed by atoms with van der Waals surface area (Å²) in [7, 11) is 0. The first-order chi connectivity index (χ1) is 12.8. The fraction of sp³-hybridized carbons (Fsp3) is 0.455. The molecule has 4 rings (SSSR count). The number of fused-ring (bicyclic) bond motifs is 1. The Morgan fingerprint density at radius 1 is 1.04 bits per heavy atom. The second kappa shape index (κ2) is 8.00. The van der Waals surface area contributed by atoms with Crippen molar-refractivity contribution in [3.05, 3.63) is 65.5 Å². The van der Waals surface area contributed by atoms with E-state index in [0.717, 1.165) is 52.0 Å². The summed E-state index contributed by atoms with van der Waals surface area (Å²) in [4.78, 5) is 21.5. The van der Waals surface area contributed by atoms with Crippen molar-refractivity contribution in [3.8, 4) is 0 Å². The van der Waals surface area contributed by atoms with E-state index in [-0.39, 0.29) is 0 Å². The summed E-state index contributed by atoms with van der Waals surface area (Å²) in [5, 5.41) is 0. The van der Waals surface area contributed by atoms with E-state index in [0.29, 0.717) is 18.2 Å². The maximum atomic E-state index is 12.8. The third kappa shape index (κ3) is 4.13. The monoisotopic (exact) mass is 349 g/mol. The van der Waals surface area contributed by atoms with Crippen molar-refractivity contribution in [1.29, 1.82) is 0 Å². The molecule has 4 heteroatoms. The van der Waals surface area contributed by atoms with Crippen LogP contribution in [-0.2, 0) is 24.3 Å². The highest BCUT2D eigenvalue weighted by Crippen LogP contribution is 2.25. The standard InChI is InChI=1S/C22H27N3O/c26-22(25-13-9-20-5-1-2-6-21(20)17-25)14-18-7-11-24(12-8-18)16-19-4-3-10-23-15-19/h1-6,10,15,18H,7-9,11-14,16-17H2. The minimum Gasteiger partial charge on any atom is -0.338 e. The Hall–Kier alpha value is -2.20. The van der Waals surface area contributed by atoms with Crippen molar-refractivity contribution < 1.29 is 4.79 Å². The molecule has 0 aliphatic carbocycles. The van der Waals surface area contributed by atoms with E-state index in [1.807, 2.05) is 18.5 Å². The van der Waals surface area contributed by atoms with Gasteiger partial charge in [-0.2, -0.15) is 0 Å². The predicted octanol–water partition coefficient (Wildman–Crippen LogP) is 3.27. The number of piperidine rings is 1. The molecule has 1 fully saturated rings. The van der Waals surface area contributed by atoms with Gasteiger partial charge in [0.2, 0.25) is 5.91 Å². The van der Waals surface area contributed by atoms with Gasteiger partial charge in [-0.05, 0) is 61.0 Å². The van der Waals surface area contributed by atoms with Gasteiger partial charge in [-0.15, -0.1) is 0 Å². The first-order valence-electron chi connectivity index (χ1n) is 9.74. The molecule has 26 heavy (non-hydrogen) atoms. The fourth-order valence-electron chi connectivity index (χ4n) is 4.18. The molecule has 0 N–H and O–H groups in total. The number of carbonyl (C=O) groups excluding carboxylic acids is 1. The van der Waals surface area contributed by atoms with Crippen molar-refractivity contribution >= 4 is 5.91 Å². The van der Waals surface area contributed by atoms with E-state index >= 15 is 0 Å². The molecule has 4 nitrogen and oxygen atoms in total. The second-order valence-electron chi connectivity index (χ2n) is 7.62. The van der Waals surface area contributed by atoms with E-state index in [2.05, 4.69) is 45.1 Å². The normalized spacial score (nSPS) is 18.5. The molecule has 2 aliphatic rings. The van der Waals surface area contributed by atoms with Crippen molar-refractivity contribution in [2.24, 2.45) is 5.92 Å². The number of aromatic nitrogens is 1. The number of carbonyl (C=O) groups is 1. The maximum absolute atomic E-state index is 12.8. The highest BCUT2D eigenvalue weighted by atomic mass is 16.2.